The molecule has 1 saturated heterocycles. The molecule has 118 valence electrons. The van der Waals surface area contributed by atoms with Gasteiger partial charge in [0.1, 0.15) is 0 Å². The van der Waals surface area contributed by atoms with Gasteiger partial charge < -0.3 is 5.32 Å². The first-order valence-electron chi connectivity index (χ1n) is 8.60. The summed E-state index contributed by atoms with van der Waals surface area (Å²) in [5, 5.41) is 8.29. The van der Waals surface area contributed by atoms with Crippen LogP contribution in [-0.4, -0.2) is 39.9 Å². The van der Waals surface area contributed by atoms with Crippen LogP contribution >= 0.6 is 0 Å². The normalized spacial score (nSPS) is 28.9. The van der Waals surface area contributed by atoms with Gasteiger partial charge in [0.05, 0.1) is 11.4 Å². The number of rotatable bonds is 3. The van der Waals surface area contributed by atoms with Crippen molar-refractivity contribution in [1.82, 2.24) is 20.0 Å². The van der Waals surface area contributed by atoms with Gasteiger partial charge in [0, 0.05) is 38.8 Å². The molecule has 0 aromatic carbocycles. The number of nitrogens with one attached hydrogen (secondary N) is 1. The van der Waals surface area contributed by atoms with Crippen molar-refractivity contribution in [2.75, 3.05) is 13.1 Å². The molecule has 0 amide bonds. The van der Waals surface area contributed by atoms with E-state index in [1.165, 1.54) is 44.3 Å². The van der Waals surface area contributed by atoms with Gasteiger partial charge in [0.15, 0.2) is 0 Å². The average Bonchev–Trinajstić information content (AvgIpc) is 2.80. The maximum atomic E-state index is 4.48. The van der Waals surface area contributed by atoms with Gasteiger partial charge in [0.25, 0.3) is 0 Å². The number of nitrogens with zero attached hydrogens (tertiary/aromatic N) is 3. The maximum Gasteiger partial charge on any atom is 0.0597 e. The summed E-state index contributed by atoms with van der Waals surface area (Å²) in [5.41, 5.74) is 2.46. The lowest BCUT2D eigenvalue weighted by molar-refractivity contribution is 0.0959. The molecule has 1 aromatic heterocycles. The zero-order valence-corrected chi connectivity index (χ0v) is 13.8. The summed E-state index contributed by atoms with van der Waals surface area (Å²) in [6.45, 7) is 7.76. The lowest BCUT2D eigenvalue weighted by Gasteiger charge is -2.42. The monoisotopic (exact) mass is 290 g/mol. The maximum absolute atomic E-state index is 4.48. The first-order chi connectivity index (χ1) is 10.1. The van der Waals surface area contributed by atoms with Crippen molar-refractivity contribution in [2.24, 2.45) is 13.0 Å². The molecule has 1 aromatic rings. The Bertz CT molecular complexity index is 461. The van der Waals surface area contributed by atoms with Crippen LogP contribution in [0.1, 0.15) is 50.4 Å². The molecule has 0 spiro atoms. The van der Waals surface area contributed by atoms with Gasteiger partial charge in [-0.3, -0.25) is 9.58 Å². The highest BCUT2D eigenvalue weighted by Crippen LogP contribution is 2.28. The van der Waals surface area contributed by atoms with Gasteiger partial charge in [0.2, 0.25) is 0 Å². The SMILES string of the molecule is Cc1cc(CN2CC(C3CCCCC3)NCC2C)n(C)n1. The molecule has 4 nitrogen and oxygen atoms in total. The fourth-order valence-electron chi connectivity index (χ4n) is 4.04. The molecule has 2 heterocycles. The van der Waals surface area contributed by atoms with Crippen LogP contribution in [-0.2, 0) is 13.6 Å². The van der Waals surface area contributed by atoms with E-state index in [2.05, 4.69) is 42.3 Å². The first-order valence-corrected chi connectivity index (χ1v) is 8.60. The topological polar surface area (TPSA) is 33.1 Å². The van der Waals surface area contributed by atoms with Crippen molar-refractivity contribution in [3.8, 4) is 0 Å². The molecule has 2 aliphatic rings. The number of hydrogen-bond acceptors (Lipinski definition) is 3. The number of aromatic nitrogens is 2. The van der Waals surface area contributed by atoms with Crippen LogP contribution < -0.4 is 5.32 Å². The van der Waals surface area contributed by atoms with Crippen LogP contribution in [0.25, 0.3) is 0 Å². The zero-order valence-electron chi connectivity index (χ0n) is 13.8. The molecule has 2 fully saturated rings. The van der Waals surface area contributed by atoms with Gasteiger partial charge in [-0.05, 0) is 38.7 Å². The molecule has 1 aliphatic heterocycles. The molecule has 1 N–H and O–H groups in total. The van der Waals surface area contributed by atoms with E-state index in [0.29, 0.717) is 12.1 Å². The Kier molecular flexibility index (Phi) is 4.65. The highest BCUT2D eigenvalue weighted by atomic mass is 15.3. The van der Waals surface area contributed by atoms with Gasteiger partial charge in [-0.15, -0.1) is 0 Å². The quantitative estimate of drug-likeness (QED) is 0.928. The highest BCUT2D eigenvalue weighted by molar-refractivity contribution is 5.09. The summed E-state index contributed by atoms with van der Waals surface area (Å²) in [6.07, 6.45) is 7.14. The third kappa shape index (κ3) is 3.49. The van der Waals surface area contributed by atoms with Crippen LogP contribution in [0.4, 0.5) is 0 Å². The van der Waals surface area contributed by atoms with Gasteiger partial charge >= 0.3 is 0 Å². The van der Waals surface area contributed by atoms with Gasteiger partial charge in [-0.25, -0.2) is 0 Å². The minimum absolute atomic E-state index is 0.611. The predicted molar refractivity (Wildman–Crippen MR) is 86.2 cm³/mol. The average molecular weight is 290 g/mol. The number of piperazine rings is 1. The van der Waals surface area contributed by atoms with Crippen LogP contribution in [0, 0.1) is 12.8 Å². The van der Waals surface area contributed by atoms with E-state index in [0.717, 1.165) is 24.7 Å². The molecular formula is C17H30N4. The van der Waals surface area contributed by atoms with Gasteiger partial charge in [-0.2, -0.15) is 5.10 Å². The van der Waals surface area contributed by atoms with Crippen LogP contribution in [0.2, 0.25) is 0 Å². The minimum Gasteiger partial charge on any atom is -0.311 e. The second-order valence-electron chi connectivity index (χ2n) is 7.09. The summed E-state index contributed by atoms with van der Waals surface area (Å²) in [6, 6.07) is 3.53. The minimum atomic E-state index is 0.611. The standard InChI is InChI=1S/C17H30N4/c1-13-9-16(20(3)19-13)11-21-12-17(18-10-14(21)2)15-7-5-4-6-8-15/h9,14-15,17-18H,4-8,10-12H2,1-3H3. The van der Waals surface area contributed by atoms with Crippen molar-refractivity contribution >= 4 is 0 Å². The molecule has 0 bridgehead atoms. The lowest BCUT2D eigenvalue weighted by Crippen LogP contribution is -2.57. The van der Waals surface area contributed by atoms with E-state index in [9.17, 15) is 0 Å². The molecular weight excluding hydrogens is 260 g/mol. The Morgan fingerprint density at radius 1 is 1.29 bits per heavy atom. The summed E-state index contributed by atoms with van der Waals surface area (Å²) in [5.74, 6) is 0.891. The van der Waals surface area contributed by atoms with E-state index in [-0.39, 0.29) is 0 Å². The molecule has 2 atom stereocenters. The second-order valence-corrected chi connectivity index (χ2v) is 7.09. The highest BCUT2D eigenvalue weighted by Gasteiger charge is 2.31. The Morgan fingerprint density at radius 3 is 2.71 bits per heavy atom. The van der Waals surface area contributed by atoms with E-state index in [4.69, 9.17) is 0 Å². The fourth-order valence-corrected chi connectivity index (χ4v) is 4.04. The Labute approximate surface area is 128 Å². The van der Waals surface area contributed by atoms with E-state index >= 15 is 0 Å². The molecule has 4 heteroatoms. The van der Waals surface area contributed by atoms with Crippen molar-refractivity contribution in [3.05, 3.63) is 17.5 Å². The summed E-state index contributed by atoms with van der Waals surface area (Å²) < 4.78 is 2.04. The zero-order chi connectivity index (χ0) is 14.8. The molecule has 1 saturated carbocycles. The largest absolute Gasteiger partial charge is 0.311 e. The van der Waals surface area contributed by atoms with Crippen LogP contribution in [0.3, 0.4) is 0 Å². The van der Waals surface area contributed by atoms with Crippen molar-refractivity contribution in [1.29, 1.82) is 0 Å². The lowest BCUT2D eigenvalue weighted by atomic mass is 9.82. The molecule has 0 radical (unpaired) electrons. The van der Waals surface area contributed by atoms with E-state index < -0.39 is 0 Å². The van der Waals surface area contributed by atoms with Crippen molar-refractivity contribution < 1.29 is 0 Å². The number of aryl methyl sites for hydroxylation is 2. The van der Waals surface area contributed by atoms with Crippen LogP contribution in [0.5, 0.6) is 0 Å². The Morgan fingerprint density at radius 2 is 2.05 bits per heavy atom. The second kappa shape index (κ2) is 6.49. The first kappa shape index (κ1) is 15.0. The molecule has 1 aliphatic carbocycles. The van der Waals surface area contributed by atoms with Crippen LogP contribution in [0.15, 0.2) is 6.07 Å². The third-order valence-corrected chi connectivity index (χ3v) is 5.41. The Hall–Kier alpha value is -0.870. The molecule has 21 heavy (non-hydrogen) atoms. The summed E-state index contributed by atoms with van der Waals surface area (Å²) in [7, 11) is 2.06. The Balaban J connectivity index is 1.64. The van der Waals surface area contributed by atoms with Crippen molar-refractivity contribution in [2.45, 2.75) is 64.6 Å². The third-order valence-electron chi connectivity index (χ3n) is 5.41. The summed E-state index contributed by atoms with van der Waals surface area (Å²) >= 11 is 0. The number of hydrogen-bond donors (Lipinski definition) is 1. The smallest absolute Gasteiger partial charge is 0.0597 e. The van der Waals surface area contributed by atoms with E-state index in [1.54, 1.807) is 0 Å². The molecule has 2 unspecified atom stereocenters. The molecule has 3 rings (SSSR count). The van der Waals surface area contributed by atoms with Gasteiger partial charge in [-0.1, -0.05) is 19.3 Å². The van der Waals surface area contributed by atoms with E-state index in [1.807, 2.05) is 4.68 Å². The fraction of sp³-hybridized carbons (Fsp3) is 0.824. The van der Waals surface area contributed by atoms with Crippen molar-refractivity contribution in [3.63, 3.8) is 0 Å². The summed E-state index contributed by atoms with van der Waals surface area (Å²) in [4.78, 5) is 2.65. The predicted octanol–water partition coefficient (Wildman–Crippen LogP) is 2.47.